The molecule has 0 heterocycles. The standard InChI is InChI=1S/C18H29NO2S2/c1-14(2)15-7-9-18(10-8-15)22-13-17-6-4-3-5-16(17)11-12-23(19,20)21/h7-10,14,16-17H,3-6,11-13H2,1-2H3,(H2,19,20,21). The minimum absolute atomic E-state index is 0.127. The van der Waals surface area contributed by atoms with Crippen LogP contribution < -0.4 is 5.14 Å². The van der Waals surface area contributed by atoms with Crippen LogP contribution in [0.4, 0.5) is 0 Å². The van der Waals surface area contributed by atoms with Gasteiger partial charge in [-0.1, -0.05) is 45.2 Å². The highest BCUT2D eigenvalue weighted by Gasteiger charge is 2.26. The van der Waals surface area contributed by atoms with Gasteiger partial charge in [0.15, 0.2) is 0 Å². The number of sulfonamides is 1. The van der Waals surface area contributed by atoms with Crippen molar-refractivity contribution in [2.45, 2.75) is 56.8 Å². The minimum atomic E-state index is -3.33. The summed E-state index contributed by atoms with van der Waals surface area (Å²) in [7, 11) is -3.33. The third-order valence-corrected chi connectivity index (χ3v) is 6.86. The Hall–Kier alpha value is -0.520. The zero-order valence-electron chi connectivity index (χ0n) is 14.2. The number of benzene rings is 1. The molecule has 2 N–H and O–H groups in total. The second-order valence-corrected chi connectivity index (χ2v) is 9.82. The second kappa shape index (κ2) is 8.54. The molecule has 0 radical (unpaired) electrons. The summed E-state index contributed by atoms with van der Waals surface area (Å²) >= 11 is 1.90. The Kier molecular flexibility index (Phi) is 6.99. The van der Waals surface area contributed by atoms with Gasteiger partial charge < -0.3 is 0 Å². The number of rotatable bonds is 7. The molecule has 1 saturated carbocycles. The molecule has 1 fully saturated rings. The lowest BCUT2D eigenvalue weighted by molar-refractivity contribution is 0.254. The summed E-state index contributed by atoms with van der Waals surface area (Å²) in [5.41, 5.74) is 1.37. The maximum Gasteiger partial charge on any atom is 0.209 e. The van der Waals surface area contributed by atoms with E-state index in [2.05, 4.69) is 38.1 Å². The molecule has 3 nitrogen and oxygen atoms in total. The maximum absolute atomic E-state index is 11.2. The van der Waals surface area contributed by atoms with Crippen LogP contribution in [0.2, 0.25) is 0 Å². The van der Waals surface area contributed by atoms with Crippen LogP contribution in [0.15, 0.2) is 29.2 Å². The first-order valence-electron chi connectivity index (χ1n) is 8.58. The van der Waals surface area contributed by atoms with Crippen molar-refractivity contribution in [2.75, 3.05) is 11.5 Å². The Morgan fingerprint density at radius 2 is 1.74 bits per heavy atom. The van der Waals surface area contributed by atoms with Gasteiger partial charge in [-0.25, -0.2) is 13.6 Å². The molecule has 0 aliphatic heterocycles. The lowest BCUT2D eigenvalue weighted by atomic mass is 9.79. The summed E-state index contributed by atoms with van der Waals surface area (Å²) in [6.07, 6.45) is 5.57. The number of hydrogen-bond acceptors (Lipinski definition) is 3. The third-order valence-electron chi connectivity index (χ3n) is 4.85. The van der Waals surface area contributed by atoms with Gasteiger partial charge in [0, 0.05) is 10.6 Å². The summed E-state index contributed by atoms with van der Waals surface area (Å²) in [6, 6.07) is 8.85. The predicted molar refractivity (Wildman–Crippen MR) is 99.3 cm³/mol. The SMILES string of the molecule is CC(C)c1ccc(SCC2CCCCC2CCS(N)(=O)=O)cc1. The van der Waals surface area contributed by atoms with Gasteiger partial charge in [-0.2, -0.15) is 0 Å². The zero-order chi connectivity index (χ0) is 16.9. The highest BCUT2D eigenvalue weighted by atomic mass is 32.2. The van der Waals surface area contributed by atoms with Gasteiger partial charge in [-0.15, -0.1) is 11.8 Å². The van der Waals surface area contributed by atoms with Crippen molar-refractivity contribution in [3.8, 4) is 0 Å². The van der Waals surface area contributed by atoms with E-state index in [-0.39, 0.29) is 5.75 Å². The molecule has 1 aliphatic carbocycles. The van der Waals surface area contributed by atoms with Crippen molar-refractivity contribution >= 4 is 21.8 Å². The molecular formula is C18H29NO2S2. The third kappa shape index (κ3) is 6.48. The van der Waals surface area contributed by atoms with E-state index in [0.717, 1.165) is 18.6 Å². The number of primary sulfonamides is 1. The average Bonchev–Trinajstić information content (AvgIpc) is 2.51. The summed E-state index contributed by atoms with van der Waals surface area (Å²) in [5, 5.41) is 5.17. The van der Waals surface area contributed by atoms with E-state index in [0.29, 0.717) is 17.8 Å². The number of nitrogens with two attached hydrogens (primary N) is 1. The Bertz CT molecular complexity index is 582. The Balaban J connectivity index is 1.88. The molecule has 5 heteroatoms. The molecule has 0 amide bonds. The summed E-state index contributed by atoms with van der Waals surface area (Å²) in [6.45, 7) is 4.42. The van der Waals surface area contributed by atoms with Gasteiger partial charge in [0.1, 0.15) is 0 Å². The smallest absolute Gasteiger partial charge is 0.209 e. The zero-order valence-corrected chi connectivity index (χ0v) is 15.8. The highest BCUT2D eigenvalue weighted by molar-refractivity contribution is 7.99. The van der Waals surface area contributed by atoms with Crippen LogP contribution in [0.3, 0.4) is 0 Å². The van der Waals surface area contributed by atoms with Crippen LogP contribution in [0.5, 0.6) is 0 Å². The Labute approximate surface area is 145 Å². The van der Waals surface area contributed by atoms with Crippen LogP contribution in [0.25, 0.3) is 0 Å². The average molecular weight is 356 g/mol. The molecule has 0 saturated heterocycles. The molecule has 0 spiro atoms. The van der Waals surface area contributed by atoms with Crippen LogP contribution in [-0.4, -0.2) is 19.9 Å². The molecule has 130 valence electrons. The van der Waals surface area contributed by atoms with E-state index in [1.165, 1.54) is 29.7 Å². The van der Waals surface area contributed by atoms with Crippen LogP contribution in [-0.2, 0) is 10.0 Å². The normalized spacial score (nSPS) is 22.4. The van der Waals surface area contributed by atoms with E-state index in [1.54, 1.807) is 0 Å². The van der Waals surface area contributed by atoms with Gasteiger partial charge in [-0.05, 0) is 48.3 Å². The van der Waals surface area contributed by atoms with E-state index in [4.69, 9.17) is 5.14 Å². The predicted octanol–water partition coefficient (Wildman–Crippen LogP) is 4.39. The lowest BCUT2D eigenvalue weighted by Gasteiger charge is -2.31. The first-order valence-corrected chi connectivity index (χ1v) is 11.3. The molecule has 1 aliphatic rings. The van der Waals surface area contributed by atoms with E-state index in [1.807, 2.05) is 11.8 Å². The van der Waals surface area contributed by atoms with Crippen LogP contribution in [0, 0.1) is 11.8 Å². The first-order chi connectivity index (χ1) is 10.8. The fourth-order valence-corrected chi connectivity index (χ4v) is 5.16. The Morgan fingerprint density at radius 3 is 2.30 bits per heavy atom. The highest BCUT2D eigenvalue weighted by Crippen LogP contribution is 2.36. The molecule has 1 aromatic rings. The van der Waals surface area contributed by atoms with Crippen molar-refractivity contribution in [3.63, 3.8) is 0 Å². The van der Waals surface area contributed by atoms with Gasteiger partial charge in [0.2, 0.25) is 10.0 Å². The van der Waals surface area contributed by atoms with Gasteiger partial charge >= 0.3 is 0 Å². The molecule has 2 unspecified atom stereocenters. The topological polar surface area (TPSA) is 60.2 Å². The van der Waals surface area contributed by atoms with Crippen molar-refractivity contribution in [1.29, 1.82) is 0 Å². The van der Waals surface area contributed by atoms with E-state index in [9.17, 15) is 8.42 Å². The van der Waals surface area contributed by atoms with Crippen molar-refractivity contribution in [2.24, 2.45) is 17.0 Å². The first kappa shape index (κ1) is 18.8. The molecule has 0 bridgehead atoms. The van der Waals surface area contributed by atoms with E-state index >= 15 is 0 Å². The fraction of sp³-hybridized carbons (Fsp3) is 0.667. The Morgan fingerprint density at radius 1 is 1.13 bits per heavy atom. The monoisotopic (exact) mass is 355 g/mol. The van der Waals surface area contributed by atoms with Crippen LogP contribution >= 0.6 is 11.8 Å². The van der Waals surface area contributed by atoms with Crippen molar-refractivity contribution in [3.05, 3.63) is 29.8 Å². The maximum atomic E-state index is 11.2. The number of hydrogen-bond donors (Lipinski definition) is 1. The summed E-state index contributed by atoms with van der Waals surface area (Å²) in [4.78, 5) is 1.31. The summed E-state index contributed by atoms with van der Waals surface area (Å²) in [5.74, 6) is 2.89. The molecular weight excluding hydrogens is 326 g/mol. The summed E-state index contributed by atoms with van der Waals surface area (Å²) < 4.78 is 22.4. The number of thioether (sulfide) groups is 1. The molecule has 2 atom stereocenters. The van der Waals surface area contributed by atoms with Gasteiger partial charge in [-0.3, -0.25) is 0 Å². The fourth-order valence-electron chi connectivity index (χ4n) is 3.35. The van der Waals surface area contributed by atoms with Crippen molar-refractivity contribution < 1.29 is 8.42 Å². The molecule has 0 aromatic heterocycles. The van der Waals surface area contributed by atoms with Gasteiger partial charge in [0.25, 0.3) is 0 Å². The quantitative estimate of drug-likeness (QED) is 0.738. The van der Waals surface area contributed by atoms with E-state index < -0.39 is 10.0 Å². The van der Waals surface area contributed by atoms with Crippen LogP contribution in [0.1, 0.15) is 57.4 Å². The largest absolute Gasteiger partial charge is 0.229 e. The van der Waals surface area contributed by atoms with Gasteiger partial charge in [0.05, 0.1) is 5.75 Å². The lowest BCUT2D eigenvalue weighted by Crippen LogP contribution is -2.26. The molecule has 1 aromatic carbocycles. The second-order valence-electron chi connectivity index (χ2n) is 7.00. The van der Waals surface area contributed by atoms with Crippen molar-refractivity contribution in [1.82, 2.24) is 0 Å². The molecule has 23 heavy (non-hydrogen) atoms. The minimum Gasteiger partial charge on any atom is -0.229 e. The molecule has 2 rings (SSSR count).